The Balaban J connectivity index is 1.39. The lowest BCUT2D eigenvalue weighted by Crippen LogP contribution is -2.43. The smallest absolute Gasteiger partial charge is 0.254 e. The Kier molecular flexibility index (Phi) is 4.38. The summed E-state index contributed by atoms with van der Waals surface area (Å²) >= 11 is 0. The molecule has 1 aromatic heterocycles. The third-order valence-electron chi connectivity index (χ3n) is 4.41. The molecule has 5 nitrogen and oxygen atoms in total. The molecule has 2 aliphatic heterocycles. The lowest BCUT2D eigenvalue weighted by molar-refractivity contribution is 0.0910. The van der Waals surface area contributed by atoms with E-state index in [4.69, 9.17) is 9.15 Å². The minimum Gasteiger partial charge on any atom is -0.472 e. The first kappa shape index (κ1) is 13.6. The topological polar surface area (TPSA) is 54.7 Å². The van der Waals surface area contributed by atoms with Gasteiger partial charge in [0, 0.05) is 19.2 Å². The normalized spacial score (nSPS) is 24.9. The summed E-state index contributed by atoms with van der Waals surface area (Å²) in [5.41, 5.74) is 0.602. The average Bonchev–Trinajstić information content (AvgIpc) is 3.18. The fourth-order valence-electron chi connectivity index (χ4n) is 3.07. The fourth-order valence-corrected chi connectivity index (χ4v) is 3.07. The molecule has 0 bridgehead atoms. The molecular formula is C15H22N2O3. The highest BCUT2D eigenvalue weighted by atomic mass is 16.5. The Labute approximate surface area is 119 Å². The Bertz CT molecular complexity index is 418. The van der Waals surface area contributed by atoms with E-state index >= 15 is 0 Å². The number of nitrogens with one attached hydrogen (secondary N) is 1. The molecule has 20 heavy (non-hydrogen) atoms. The molecule has 3 heterocycles. The molecule has 1 aromatic rings. The molecule has 2 aliphatic rings. The zero-order valence-electron chi connectivity index (χ0n) is 11.7. The van der Waals surface area contributed by atoms with Crippen LogP contribution in [0.5, 0.6) is 0 Å². The first-order valence-corrected chi connectivity index (χ1v) is 7.45. The molecule has 0 saturated carbocycles. The van der Waals surface area contributed by atoms with E-state index in [-0.39, 0.29) is 5.91 Å². The highest BCUT2D eigenvalue weighted by Crippen LogP contribution is 2.21. The van der Waals surface area contributed by atoms with E-state index in [1.165, 1.54) is 18.9 Å². The zero-order valence-corrected chi connectivity index (χ0v) is 11.7. The van der Waals surface area contributed by atoms with Crippen LogP contribution in [0.2, 0.25) is 0 Å². The van der Waals surface area contributed by atoms with E-state index in [1.54, 1.807) is 6.07 Å². The summed E-state index contributed by atoms with van der Waals surface area (Å²) in [5.74, 6) is 0.551. The van der Waals surface area contributed by atoms with Crippen LogP contribution in [0.4, 0.5) is 0 Å². The number of hydrogen-bond donors (Lipinski definition) is 1. The first-order valence-electron chi connectivity index (χ1n) is 7.45. The number of carbonyl (C=O) groups excluding carboxylic acids is 1. The van der Waals surface area contributed by atoms with Crippen molar-refractivity contribution >= 4 is 5.91 Å². The molecule has 1 atom stereocenters. The minimum absolute atomic E-state index is 0.0367. The summed E-state index contributed by atoms with van der Waals surface area (Å²) in [6, 6.07) is 2.31. The van der Waals surface area contributed by atoms with Crippen molar-refractivity contribution in [3.63, 3.8) is 0 Å². The highest BCUT2D eigenvalue weighted by Gasteiger charge is 2.27. The number of piperidine rings is 1. The van der Waals surface area contributed by atoms with Gasteiger partial charge in [0.15, 0.2) is 0 Å². The zero-order chi connectivity index (χ0) is 13.8. The number of amides is 1. The summed E-state index contributed by atoms with van der Waals surface area (Å²) in [6.07, 6.45) is 6.49. The lowest BCUT2D eigenvalue weighted by atomic mass is 9.95. The van der Waals surface area contributed by atoms with Crippen LogP contribution < -0.4 is 5.32 Å². The van der Waals surface area contributed by atoms with Crippen molar-refractivity contribution in [3.05, 3.63) is 24.2 Å². The quantitative estimate of drug-likeness (QED) is 0.907. The number of nitrogens with zero attached hydrogens (tertiary/aromatic N) is 1. The minimum atomic E-state index is -0.0367. The van der Waals surface area contributed by atoms with Crippen LogP contribution in [0.25, 0.3) is 0 Å². The van der Waals surface area contributed by atoms with E-state index in [9.17, 15) is 4.79 Å². The van der Waals surface area contributed by atoms with E-state index in [0.717, 1.165) is 45.7 Å². The number of furan rings is 1. The van der Waals surface area contributed by atoms with E-state index in [1.807, 2.05) is 0 Å². The van der Waals surface area contributed by atoms with Crippen LogP contribution in [0.1, 0.15) is 29.6 Å². The number of ether oxygens (including phenoxy) is 1. The molecule has 0 radical (unpaired) electrons. The summed E-state index contributed by atoms with van der Waals surface area (Å²) < 4.78 is 10.4. The van der Waals surface area contributed by atoms with Crippen LogP contribution in [0.15, 0.2) is 23.0 Å². The molecule has 1 amide bonds. The maximum absolute atomic E-state index is 11.8. The summed E-state index contributed by atoms with van der Waals surface area (Å²) in [6.45, 7) is 4.81. The van der Waals surface area contributed by atoms with Crippen LogP contribution in [-0.2, 0) is 4.74 Å². The molecule has 5 heteroatoms. The Morgan fingerprint density at radius 2 is 2.20 bits per heavy atom. The number of rotatable bonds is 4. The van der Waals surface area contributed by atoms with Gasteiger partial charge in [0.05, 0.1) is 18.4 Å². The molecule has 0 aromatic carbocycles. The Morgan fingerprint density at radius 3 is 2.85 bits per heavy atom. The van der Waals surface area contributed by atoms with Crippen molar-refractivity contribution in [1.29, 1.82) is 0 Å². The molecule has 2 saturated heterocycles. The molecule has 2 fully saturated rings. The molecule has 1 N–H and O–H groups in total. The van der Waals surface area contributed by atoms with Crippen molar-refractivity contribution in [2.45, 2.75) is 25.3 Å². The van der Waals surface area contributed by atoms with Crippen molar-refractivity contribution in [2.24, 2.45) is 5.92 Å². The van der Waals surface area contributed by atoms with E-state index in [0.29, 0.717) is 17.5 Å². The molecular weight excluding hydrogens is 256 g/mol. The second-order valence-electron chi connectivity index (χ2n) is 5.72. The summed E-state index contributed by atoms with van der Waals surface area (Å²) in [5, 5.41) is 3.00. The maximum Gasteiger partial charge on any atom is 0.254 e. The lowest BCUT2D eigenvalue weighted by Gasteiger charge is -2.35. The standard InChI is InChI=1S/C15H22N2O3/c18-15(13-3-7-19-10-13)16-9-12-1-5-17(6-2-12)14-4-8-20-11-14/h3,7,10,12,14H,1-2,4-6,8-9,11H2,(H,16,18)/t14-/m0/s1. The van der Waals surface area contributed by atoms with Gasteiger partial charge >= 0.3 is 0 Å². The second kappa shape index (κ2) is 6.41. The maximum atomic E-state index is 11.8. The van der Waals surface area contributed by atoms with Crippen molar-refractivity contribution < 1.29 is 13.9 Å². The number of hydrogen-bond acceptors (Lipinski definition) is 4. The van der Waals surface area contributed by atoms with Gasteiger partial charge in [-0.1, -0.05) is 0 Å². The van der Waals surface area contributed by atoms with Gasteiger partial charge < -0.3 is 14.5 Å². The van der Waals surface area contributed by atoms with Gasteiger partial charge in [0.2, 0.25) is 0 Å². The van der Waals surface area contributed by atoms with Crippen molar-refractivity contribution in [1.82, 2.24) is 10.2 Å². The van der Waals surface area contributed by atoms with Gasteiger partial charge in [-0.25, -0.2) is 0 Å². The average molecular weight is 278 g/mol. The largest absolute Gasteiger partial charge is 0.472 e. The predicted molar refractivity (Wildman–Crippen MR) is 74.6 cm³/mol. The van der Waals surface area contributed by atoms with Crippen molar-refractivity contribution in [2.75, 3.05) is 32.8 Å². The van der Waals surface area contributed by atoms with Crippen molar-refractivity contribution in [3.8, 4) is 0 Å². The van der Waals surface area contributed by atoms with Gasteiger partial charge in [0.1, 0.15) is 6.26 Å². The number of carbonyl (C=O) groups is 1. The molecule has 0 spiro atoms. The van der Waals surface area contributed by atoms with Gasteiger partial charge in [-0.15, -0.1) is 0 Å². The highest BCUT2D eigenvalue weighted by molar-refractivity contribution is 5.93. The number of likely N-dealkylation sites (tertiary alicyclic amines) is 1. The summed E-state index contributed by atoms with van der Waals surface area (Å²) in [4.78, 5) is 14.4. The van der Waals surface area contributed by atoms with Gasteiger partial charge in [-0.2, -0.15) is 0 Å². The monoisotopic (exact) mass is 278 g/mol. The Morgan fingerprint density at radius 1 is 1.35 bits per heavy atom. The molecule has 0 unspecified atom stereocenters. The Hall–Kier alpha value is -1.33. The van der Waals surface area contributed by atoms with Gasteiger partial charge in [0.25, 0.3) is 5.91 Å². The SMILES string of the molecule is O=C(NCC1CCN([C@H]2CCOC2)CC1)c1ccoc1. The molecule has 110 valence electrons. The first-order chi connectivity index (χ1) is 9.83. The summed E-state index contributed by atoms with van der Waals surface area (Å²) in [7, 11) is 0. The van der Waals surface area contributed by atoms with Crippen LogP contribution in [0, 0.1) is 5.92 Å². The van der Waals surface area contributed by atoms with E-state index < -0.39 is 0 Å². The van der Waals surface area contributed by atoms with Gasteiger partial charge in [-0.3, -0.25) is 9.69 Å². The second-order valence-corrected chi connectivity index (χ2v) is 5.72. The van der Waals surface area contributed by atoms with Crippen LogP contribution >= 0.6 is 0 Å². The molecule has 3 rings (SSSR count). The third-order valence-corrected chi connectivity index (χ3v) is 4.41. The fraction of sp³-hybridized carbons (Fsp3) is 0.667. The van der Waals surface area contributed by atoms with Gasteiger partial charge in [-0.05, 0) is 44.3 Å². The molecule has 0 aliphatic carbocycles. The van der Waals surface area contributed by atoms with Crippen LogP contribution in [0.3, 0.4) is 0 Å². The predicted octanol–water partition coefficient (Wildman–Crippen LogP) is 1.51. The third kappa shape index (κ3) is 3.22. The van der Waals surface area contributed by atoms with Crippen LogP contribution in [-0.4, -0.2) is 49.7 Å². The van der Waals surface area contributed by atoms with E-state index in [2.05, 4.69) is 10.2 Å².